The van der Waals surface area contributed by atoms with Crippen LogP contribution in [-0.4, -0.2) is 44.2 Å². The second kappa shape index (κ2) is 7.65. The first-order chi connectivity index (χ1) is 9.72. The Balaban J connectivity index is 1.87. The molecule has 1 aliphatic heterocycles. The molecule has 0 radical (unpaired) electrons. The molecule has 2 rings (SSSR count). The molecule has 1 fully saturated rings. The minimum Gasteiger partial charge on any atom is -0.494 e. The van der Waals surface area contributed by atoms with Gasteiger partial charge in [0.05, 0.1) is 6.61 Å². The monoisotopic (exact) mass is 276 g/mol. The maximum Gasteiger partial charge on any atom is 0.122 e. The number of nitrogens with zero attached hydrogens (tertiary/aromatic N) is 1. The van der Waals surface area contributed by atoms with E-state index in [9.17, 15) is 0 Å². The molecule has 0 aromatic heterocycles. The van der Waals surface area contributed by atoms with Crippen LogP contribution in [0.3, 0.4) is 0 Å². The number of ether oxygens (including phenoxy) is 1. The predicted octanol–water partition coefficient (Wildman–Crippen LogP) is 2.54. The molecule has 0 spiro atoms. The SMILES string of the molecule is CCOc1ccc(CCCN2CCNCC2)c(C)c1C. The van der Waals surface area contributed by atoms with E-state index in [0.29, 0.717) is 0 Å². The van der Waals surface area contributed by atoms with Crippen molar-refractivity contribution in [1.82, 2.24) is 10.2 Å². The lowest BCUT2D eigenvalue weighted by atomic mass is 9.98. The molecule has 0 atom stereocenters. The third-order valence-corrected chi connectivity index (χ3v) is 4.28. The van der Waals surface area contributed by atoms with Gasteiger partial charge in [-0.3, -0.25) is 0 Å². The minimum absolute atomic E-state index is 0.739. The Morgan fingerprint density at radius 2 is 1.90 bits per heavy atom. The highest BCUT2D eigenvalue weighted by molar-refractivity contribution is 5.43. The third kappa shape index (κ3) is 3.97. The first-order valence-corrected chi connectivity index (χ1v) is 7.87. The van der Waals surface area contributed by atoms with Crippen LogP contribution in [0, 0.1) is 13.8 Å². The van der Waals surface area contributed by atoms with E-state index >= 15 is 0 Å². The first kappa shape index (κ1) is 15.3. The van der Waals surface area contributed by atoms with Gasteiger partial charge in [-0.15, -0.1) is 0 Å². The average molecular weight is 276 g/mol. The van der Waals surface area contributed by atoms with Crippen LogP contribution >= 0.6 is 0 Å². The van der Waals surface area contributed by atoms with Crippen LogP contribution in [0.4, 0.5) is 0 Å². The summed E-state index contributed by atoms with van der Waals surface area (Å²) in [5, 5.41) is 3.40. The maximum absolute atomic E-state index is 5.66. The van der Waals surface area contributed by atoms with Gasteiger partial charge < -0.3 is 15.0 Å². The van der Waals surface area contributed by atoms with Gasteiger partial charge >= 0.3 is 0 Å². The maximum atomic E-state index is 5.66. The number of benzene rings is 1. The van der Waals surface area contributed by atoms with Crippen LogP contribution in [0.15, 0.2) is 12.1 Å². The van der Waals surface area contributed by atoms with Crippen LogP contribution in [0.5, 0.6) is 5.75 Å². The molecule has 112 valence electrons. The van der Waals surface area contributed by atoms with Gasteiger partial charge in [0.1, 0.15) is 5.75 Å². The van der Waals surface area contributed by atoms with Crippen LogP contribution in [0.1, 0.15) is 30.0 Å². The molecular weight excluding hydrogens is 248 g/mol. The number of hydrogen-bond acceptors (Lipinski definition) is 3. The standard InChI is InChI=1S/C17H28N2O/c1-4-20-17-8-7-16(14(2)15(17)3)6-5-11-19-12-9-18-10-13-19/h7-8,18H,4-6,9-13H2,1-3H3. The Morgan fingerprint density at radius 1 is 1.15 bits per heavy atom. The Morgan fingerprint density at radius 3 is 2.60 bits per heavy atom. The molecule has 1 N–H and O–H groups in total. The Kier molecular flexibility index (Phi) is 5.86. The van der Waals surface area contributed by atoms with Crippen molar-refractivity contribution in [3.63, 3.8) is 0 Å². The van der Waals surface area contributed by atoms with Gasteiger partial charge in [-0.25, -0.2) is 0 Å². The zero-order chi connectivity index (χ0) is 14.4. The molecule has 1 saturated heterocycles. The molecular formula is C17H28N2O. The molecule has 3 nitrogen and oxygen atoms in total. The summed E-state index contributed by atoms with van der Waals surface area (Å²) in [4.78, 5) is 2.56. The molecule has 20 heavy (non-hydrogen) atoms. The minimum atomic E-state index is 0.739. The van der Waals surface area contributed by atoms with Gasteiger partial charge in [-0.05, 0) is 62.9 Å². The van der Waals surface area contributed by atoms with Gasteiger partial charge in [0.2, 0.25) is 0 Å². The highest BCUT2D eigenvalue weighted by Crippen LogP contribution is 2.25. The summed E-state index contributed by atoms with van der Waals surface area (Å²) < 4.78 is 5.66. The summed E-state index contributed by atoms with van der Waals surface area (Å²) in [6.45, 7) is 13.1. The van der Waals surface area contributed by atoms with Crippen molar-refractivity contribution in [1.29, 1.82) is 0 Å². The summed E-state index contributed by atoms with van der Waals surface area (Å²) in [6.07, 6.45) is 2.41. The molecule has 0 aliphatic carbocycles. The highest BCUT2D eigenvalue weighted by atomic mass is 16.5. The van der Waals surface area contributed by atoms with Gasteiger partial charge in [-0.2, -0.15) is 0 Å². The van der Waals surface area contributed by atoms with Crippen LogP contribution < -0.4 is 10.1 Å². The highest BCUT2D eigenvalue weighted by Gasteiger charge is 2.10. The number of hydrogen-bond donors (Lipinski definition) is 1. The van der Waals surface area contributed by atoms with E-state index in [1.54, 1.807) is 0 Å². The Labute approximate surface area is 123 Å². The average Bonchev–Trinajstić information content (AvgIpc) is 2.48. The van der Waals surface area contributed by atoms with Crippen molar-refractivity contribution in [3.8, 4) is 5.75 Å². The molecule has 0 bridgehead atoms. The van der Waals surface area contributed by atoms with E-state index in [4.69, 9.17) is 4.74 Å². The van der Waals surface area contributed by atoms with E-state index in [1.165, 1.54) is 49.2 Å². The fraction of sp³-hybridized carbons (Fsp3) is 0.647. The molecule has 1 aromatic rings. The number of piperazine rings is 1. The molecule has 1 aliphatic rings. The van der Waals surface area contributed by atoms with E-state index in [0.717, 1.165) is 25.4 Å². The van der Waals surface area contributed by atoms with E-state index in [1.807, 2.05) is 6.92 Å². The number of nitrogens with one attached hydrogen (secondary N) is 1. The summed E-state index contributed by atoms with van der Waals surface area (Å²) in [7, 11) is 0. The molecule has 1 heterocycles. The van der Waals surface area contributed by atoms with E-state index in [-0.39, 0.29) is 0 Å². The lowest BCUT2D eigenvalue weighted by molar-refractivity contribution is 0.238. The lowest BCUT2D eigenvalue weighted by Gasteiger charge is -2.27. The Bertz CT molecular complexity index is 425. The van der Waals surface area contributed by atoms with Crippen LogP contribution in [0.25, 0.3) is 0 Å². The Hall–Kier alpha value is -1.06. The van der Waals surface area contributed by atoms with Crippen molar-refractivity contribution in [2.45, 2.75) is 33.6 Å². The van der Waals surface area contributed by atoms with Crippen molar-refractivity contribution in [2.75, 3.05) is 39.3 Å². The first-order valence-electron chi connectivity index (χ1n) is 7.87. The fourth-order valence-corrected chi connectivity index (χ4v) is 2.86. The van der Waals surface area contributed by atoms with Crippen LogP contribution in [0.2, 0.25) is 0 Å². The van der Waals surface area contributed by atoms with Crippen molar-refractivity contribution < 1.29 is 4.74 Å². The topological polar surface area (TPSA) is 24.5 Å². The zero-order valence-electron chi connectivity index (χ0n) is 13.2. The molecule has 0 unspecified atom stereocenters. The van der Waals surface area contributed by atoms with Crippen molar-refractivity contribution in [3.05, 3.63) is 28.8 Å². The predicted molar refractivity (Wildman–Crippen MR) is 84.7 cm³/mol. The molecule has 0 amide bonds. The largest absolute Gasteiger partial charge is 0.494 e. The van der Waals surface area contributed by atoms with E-state index < -0.39 is 0 Å². The zero-order valence-corrected chi connectivity index (χ0v) is 13.2. The quantitative estimate of drug-likeness (QED) is 0.864. The molecule has 3 heteroatoms. The number of aryl methyl sites for hydroxylation is 1. The summed E-state index contributed by atoms with van der Waals surface area (Å²) >= 11 is 0. The summed E-state index contributed by atoms with van der Waals surface area (Å²) in [5.41, 5.74) is 4.17. The van der Waals surface area contributed by atoms with Gasteiger partial charge in [-0.1, -0.05) is 6.07 Å². The van der Waals surface area contributed by atoms with Gasteiger partial charge in [0.15, 0.2) is 0 Å². The van der Waals surface area contributed by atoms with Gasteiger partial charge in [0.25, 0.3) is 0 Å². The van der Waals surface area contributed by atoms with Crippen molar-refractivity contribution >= 4 is 0 Å². The second-order valence-corrected chi connectivity index (χ2v) is 5.60. The van der Waals surface area contributed by atoms with Gasteiger partial charge in [0, 0.05) is 26.2 Å². The fourth-order valence-electron chi connectivity index (χ4n) is 2.86. The lowest BCUT2D eigenvalue weighted by Crippen LogP contribution is -2.43. The normalized spacial score (nSPS) is 16.4. The second-order valence-electron chi connectivity index (χ2n) is 5.60. The molecule has 0 saturated carbocycles. The van der Waals surface area contributed by atoms with E-state index in [2.05, 4.69) is 36.2 Å². The summed E-state index contributed by atoms with van der Waals surface area (Å²) in [5.74, 6) is 1.04. The molecule has 1 aromatic carbocycles. The summed E-state index contributed by atoms with van der Waals surface area (Å²) in [6, 6.07) is 4.37. The van der Waals surface area contributed by atoms with Crippen molar-refractivity contribution in [2.24, 2.45) is 0 Å². The third-order valence-electron chi connectivity index (χ3n) is 4.28. The van der Waals surface area contributed by atoms with Crippen LogP contribution in [-0.2, 0) is 6.42 Å². The number of rotatable bonds is 6. The smallest absolute Gasteiger partial charge is 0.122 e.